The first-order valence-electron chi connectivity index (χ1n) is 4.26. The molecule has 0 saturated heterocycles. The van der Waals surface area contributed by atoms with Crippen molar-refractivity contribution < 1.29 is 4.79 Å². The van der Waals surface area contributed by atoms with Gasteiger partial charge in [0.15, 0.2) is 0 Å². The summed E-state index contributed by atoms with van der Waals surface area (Å²) < 4.78 is 0. The average molecular weight is 232 g/mol. The second-order valence-corrected chi connectivity index (χ2v) is 4.11. The monoisotopic (exact) mass is 231 g/mol. The summed E-state index contributed by atoms with van der Waals surface area (Å²) in [5.41, 5.74) is 0.592. The molecule has 0 spiro atoms. The largest absolute Gasteiger partial charge is 0.325 e. The summed E-state index contributed by atoms with van der Waals surface area (Å²) in [6, 6.07) is 4.97. The van der Waals surface area contributed by atoms with Gasteiger partial charge in [0.2, 0.25) is 5.91 Å². The van der Waals surface area contributed by atoms with Crippen molar-refractivity contribution >= 4 is 34.8 Å². The highest BCUT2D eigenvalue weighted by atomic mass is 35.5. The number of anilines is 1. The number of carbonyl (C=O) groups excluding carboxylic acids is 1. The second kappa shape index (κ2) is 4.67. The van der Waals surface area contributed by atoms with Gasteiger partial charge in [-0.05, 0) is 18.2 Å². The Morgan fingerprint density at radius 3 is 2.50 bits per heavy atom. The van der Waals surface area contributed by atoms with Gasteiger partial charge in [-0.3, -0.25) is 4.79 Å². The van der Waals surface area contributed by atoms with E-state index in [-0.39, 0.29) is 11.8 Å². The molecular formula is C10H11Cl2NO. The lowest BCUT2D eigenvalue weighted by Crippen LogP contribution is -2.17. The van der Waals surface area contributed by atoms with Gasteiger partial charge in [-0.1, -0.05) is 37.0 Å². The highest BCUT2D eigenvalue weighted by Gasteiger charge is 2.09. The van der Waals surface area contributed by atoms with Crippen LogP contribution in [0.5, 0.6) is 0 Å². The van der Waals surface area contributed by atoms with Crippen LogP contribution in [0.1, 0.15) is 13.8 Å². The predicted octanol–water partition coefficient (Wildman–Crippen LogP) is 3.59. The highest BCUT2D eigenvalue weighted by Crippen LogP contribution is 2.25. The number of carbonyl (C=O) groups is 1. The molecule has 0 saturated carbocycles. The van der Waals surface area contributed by atoms with E-state index in [0.29, 0.717) is 15.7 Å². The van der Waals surface area contributed by atoms with Crippen LogP contribution in [0.25, 0.3) is 0 Å². The molecule has 1 aromatic rings. The summed E-state index contributed by atoms with van der Waals surface area (Å²) in [4.78, 5) is 11.3. The number of halogens is 2. The van der Waals surface area contributed by atoms with E-state index in [1.807, 2.05) is 13.8 Å². The van der Waals surface area contributed by atoms with Gasteiger partial charge in [0, 0.05) is 10.9 Å². The van der Waals surface area contributed by atoms with Crippen LogP contribution in [0.3, 0.4) is 0 Å². The van der Waals surface area contributed by atoms with E-state index in [2.05, 4.69) is 5.32 Å². The van der Waals surface area contributed by atoms with E-state index in [0.717, 1.165) is 0 Å². The van der Waals surface area contributed by atoms with Crippen LogP contribution in [0.2, 0.25) is 10.0 Å². The first-order chi connectivity index (χ1) is 6.50. The lowest BCUT2D eigenvalue weighted by atomic mass is 10.2. The molecule has 0 aromatic heterocycles. The topological polar surface area (TPSA) is 29.1 Å². The zero-order valence-corrected chi connectivity index (χ0v) is 9.49. The summed E-state index contributed by atoms with van der Waals surface area (Å²) in [6.45, 7) is 3.64. The predicted molar refractivity (Wildman–Crippen MR) is 59.9 cm³/mol. The van der Waals surface area contributed by atoms with Gasteiger partial charge in [-0.25, -0.2) is 0 Å². The number of hydrogen-bond acceptors (Lipinski definition) is 1. The maximum atomic E-state index is 11.3. The maximum absolute atomic E-state index is 11.3. The molecule has 76 valence electrons. The molecule has 0 aliphatic carbocycles. The molecule has 0 radical (unpaired) electrons. The van der Waals surface area contributed by atoms with Crippen LogP contribution in [0.4, 0.5) is 5.69 Å². The van der Waals surface area contributed by atoms with E-state index < -0.39 is 0 Å². The van der Waals surface area contributed by atoms with Crippen LogP contribution in [0.15, 0.2) is 18.2 Å². The van der Waals surface area contributed by atoms with E-state index in [1.54, 1.807) is 18.2 Å². The zero-order valence-electron chi connectivity index (χ0n) is 7.97. The van der Waals surface area contributed by atoms with Gasteiger partial charge < -0.3 is 5.32 Å². The minimum Gasteiger partial charge on any atom is -0.325 e. The summed E-state index contributed by atoms with van der Waals surface area (Å²) in [5.74, 6) is -0.129. The summed E-state index contributed by atoms with van der Waals surface area (Å²) in [7, 11) is 0. The summed E-state index contributed by atoms with van der Waals surface area (Å²) >= 11 is 11.6. The molecule has 2 nitrogen and oxygen atoms in total. The minimum absolute atomic E-state index is 0.0609. The Balaban J connectivity index is 2.82. The molecular weight excluding hydrogens is 221 g/mol. The van der Waals surface area contributed by atoms with Crippen molar-refractivity contribution in [3.8, 4) is 0 Å². The van der Waals surface area contributed by atoms with E-state index in [9.17, 15) is 4.79 Å². The first-order valence-corrected chi connectivity index (χ1v) is 5.02. The molecule has 0 fully saturated rings. The molecule has 0 aliphatic heterocycles. The third-order valence-electron chi connectivity index (χ3n) is 1.71. The minimum atomic E-state index is -0.0678. The van der Waals surface area contributed by atoms with Crippen molar-refractivity contribution in [2.75, 3.05) is 5.32 Å². The fraction of sp³-hybridized carbons (Fsp3) is 0.300. The molecule has 0 unspecified atom stereocenters. The van der Waals surface area contributed by atoms with Crippen molar-refractivity contribution in [3.63, 3.8) is 0 Å². The Morgan fingerprint density at radius 1 is 1.36 bits per heavy atom. The first kappa shape index (κ1) is 11.3. The Labute approximate surface area is 93.2 Å². The van der Waals surface area contributed by atoms with Gasteiger partial charge in [0.05, 0.1) is 10.7 Å². The van der Waals surface area contributed by atoms with Crippen LogP contribution < -0.4 is 5.32 Å². The van der Waals surface area contributed by atoms with Crippen LogP contribution in [-0.4, -0.2) is 5.91 Å². The Morgan fingerprint density at radius 2 is 2.00 bits per heavy atom. The normalized spacial score (nSPS) is 10.4. The number of rotatable bonds is 2. The molecule has 0 atom stereocenters. The van der Waals surface area contributed by atoms with Crippen molar-refractivity contribution in [1.29, 1.82) is 0 Å². The molecule has 14 heavy (non-hydrogen) atoms. The summed E-state index contributed by atoms with van der Waals surface area (Å²) in [6.07, 6.45) is 0. The SMILES string of the molecule is CC(C)C(=O)Nc1ccc(Cl)cc1Cl. The third kappa shape index (κ3) is 2.89. The van der Waals surface area contributed by atoms with E-state index >= 15 is 0 Å². The van der Waals surface area contributed by atoms with Gasteiger partial charge >= 0.3 is 0 Å². The van der Waals surface area contributed by atoms with Crippen molar-refractivity contribution in [1.82, 2.24) is 0 Å². The maximum Gasteiger partial charge on any atom is 0.226 e. The van der Waals surface area contributed by atoms with Crippen LogP contribution in [-0.2, 0) is 4.79 Å². The molecule has 4 heteroatoms. The number of nitrogens with one attached hydrogen (secondary N) is 1. The smallest absolute Gasteiger partial charge is 0.226 e. The number of benzene rings is 1. The van der Waals surface area contributed by atoms with E-state index in [4.69, 9.17) is 23.2 Å². The Bertz CT molecular complexity index is 350. The lowest BCUT2D eigenvalue weighted by Gasteiger charge is -2.09. The van der Waals surface area contributed by atoms with Crippen molar-refractivity contribution in [3.05, 3.63) is 28.2 Å². The molecule has 0 heterocycles. The molecule has 1 rings (SSSR count). The molecule has 1 amide bonds. The quantitative estimate of drug-likeness (QED) is 0.829. The molecule has 0 aliphatic rings. The second-order valence-electron chi connectivity index (χ2n) is 3.27. The fourth-order valence-electron chi connectivity index (χ4n) is 0.868. The third-order valence-corrected chi connectivity index (χ3v) is 2.26. The Kier molecular flexibility index (Phi) is 3.78. The van der Waals surface area contributed by atoms with Gasteiger partial charge in [-0.15, -0.1) is 0 Å². The van der Waals surface area contributed by atoms with Crippen LogP contribution in [0, 0.1) is 5.92 Å². The highest BCUT2D eigenvalue weighted by molar-refractivity contribution is 6.36. The number of amides is 1. The zero-order chi connectivity index (χ0) is 10.7. The summed E-state index contributed by atoms with van der Waals surface area (Å²) in [5, 5.41) is 3.71. The lowest BCUT2D eigenvalue weighted by molar-refractivity contribution is -0.118. The van der Waals surface area contributed by atoms with Gasteiger partial charge in [-0.2, -0.15) is 0 Å². The molecule has 1 N–H and O–H groups in total. The van der Waals surface area contributed by atoms with E-state index in [1.165, 1.54) is 0 Å². The average Bonchev–Trinajstić information content (AvgIpc) is 2.09. The standard InChI is InChI=1S/C10H11Cl2NO/c1-6(2)10(14)13-9-4-3-7(11)5-8(9)12/h3-6H,1-2H3,(H,13,14). The van der Waals surface area contributed by atoms with Crippen molar-refractivity contribution in [2.45, 2.75) is 13.8 Å². The van der Waals surface area contributed by atoms with Gasteiger partial charge in [0.25, 0.3) is 0 Å². The molecule has 0 bridgehead atoms. The van der Waals surface area contributed by atoms with Crippen molar-refractivity contribution in [2.24, 2.45) is 5.92 Å². The number of hydrogen-bond donors (Lipinski definition) is 1. The van der Waals surface area contributed by atoms with Gasteiger partial charge in [0.1, 0.15) is 0 Å². The van der Waals surface area contributed by atoms with Crippen LogP contribution >= 0.6 is 23.2 Å². The fourth-order valence-corrected chi connectivity index (χ4v) is 1.32. The molecule has 1 aromatic carbocycles. The Hall–Kier alpha value is -0.730.